The molecule has 2 aromatic carbocycles. The molecule has 2 aliphatic heterocycles. The summed E-state index contributed by atoms with van der Waals surface area (Å²) in [7, 11) is -0.788. The number of halogens is 6. The number of alkyl halides is 6. The lowest BCUT2D eigenvalue weighted by molar-refractivity contribution is -0.143. The van der Waals surface area contributed by atoms with Crippen molar-refractivity contribution in [2.75, 3.05) is 30.6 Å². The van der Waals surface area contributed by atoms with Gasteiger partial charge in [-0.05, 0) is 35.9 Å². The van der Waals surface area contributed by atoms with Crippen LogP contribution in [0.15, 0.2) is 41.4 Å². The predicted molar refractivity (Wildman–Crippen MR) is 128 cm³/mol. The first-order chi connectivity index (χ1) is 17.6. The molecular weight excluding hydrogens is 562 g/mol. The van der Waals surface area contributed by atoms with Gasteiger partial charge in [0.2, 0.25) is 0 Å². The molecule has 0 unspecified atom stereocenters. The number of nitrogens with zero attached hydrogens (tertiary/aromatic N) is 2. The van der Waals surface area contributed by atoms with Gasteiger partial charge in [0.05, 0.1) is 49.3 Å². The zero-order valence-corrected chi connectivity index (χ0v) is 21.4. The van der Waals surface area contributed by atoms with Crippen LogP contribution in [0.1, 0.15) is 16.7 Å². The van der Waals surface area contributed by atoms with E-state index in [0.29, 0.717) is 29.2 Å². The van der Waals surface area contributed by atoms with Crippen LogP contribution in [-0.2, 0) is 33.4 Å². The Hall–Kier alpha value is -2.94. The average Bonchev–Trinajstić information content (AvgIpc) is 3.27. The number of methoxy groups -OCH3 is 2. The van der Waals surface area contributed by atoms with Gasteiger partial charge < -0.3 is 14.4 Å². The third kappa shape index (κ3) is 5.87. The molecule has 2 saturated heterocycles. The lowest BCUT2D eigenvalue weighted by atomic mass is 10.1. The van der Waals surface area contributed by atoms with E-state index in [1.54, 1.807) is 12.1 Å². The summed E-state index contributed by atoms with van der Waals surface area (Å²) < 4.78 is 116. The topological polar surface area (TPSA) is 85.3 Å². The van der Waals surface area contributed by atoms with Crippen molar-refractivity contribution < 1.29 is 49.0 Å². The highest BCUT2D eigenvalue weighted by Gasteiger charge is 2.50. The second-order valence-corrected chi connectivity index (χ2v) is 11.9. The maximum Gasteiger partial charge on any atom is 0.416 e. The van der Waals surface area contributed by atoms with Crippen LogP contribution in [0, 0.1) is 0 Å². The van der Waals surface area contributed by atoms with Crippen molar-refractivity contribution in [3.63, 3.8) is 0 Å². The summed E-state index contributed by atoms with van der Waals surface area (Å²) in [6, 6.07) is 4.64. The van der Waals surface area contributed by atoms with E-state index in [1.807, 2.05) is 0 Å². The van der Waals surface area contributed by atoms with Gasteiger partial charge in [-0.25, -0.2) is 8.42 Å². The molecule has 0 aromatic heterocycles. The molecule has 38 heavy (non-hydrogen) atoms. The minimum absolute atomic E-state index is 0.0192. The van der Waals surface area contributed by atoms with E-state index in [-0.39, 0.29) is 23.4 Å². The molecule has 2 aliphatic rings. The van der Waals surface area contributed by atoms with E-state index < -0.39 is 62.0 Å². The van der Waals surface area contributed by atoms with Crippen LogP contribution < -0.4 is 14.4 Å². The zero-order valence-electron chi connectivity index (χ0n) is 19.8. The van der Waals surface area contributed by atoms with Gasteiger partial charge in [-0.3, -0.25) is 4.79 Å². The summed E-state index contributed by atoms with van der Waals surface area (Å²) in [5.41, 5.74) is -3.21. The molecule has 1 amide bonds. The molecule has 15 heteroatoms. The second kappa shape index (κ2) is 9.98. The highest BCUT2D eigenvalue weighted by Crippen LogP contribution is 2.44. The normalized spacial score (nSPS) is 22.0. The molecule has 2 aromatic rings. The Labute approximate surface area is 217 Å². The Morgan fingerprint density at radius 3 is 2.13 bits per heavy atom. The number of ether oxygens (including phenoxy) is 2. The number of rotatable bonds is 5. The van der Waals surface area contributed by atoms with Crippen molar-refractivity contribution in [1.82, 2.24) is 0 Å². The summed E-state index contributed by atoms with van der Waals surface area (Å²) in [6.07, 6.45) is -10.5. The number of amidine groups is 1. The Morgan fingerprint density at radius 1 is 0.974 bits per heavy atom. The van der Waals surface area contributed by atoms with Crippen LogP contribution >= 0.6 is 11.8 Å². The fourth-order valence-corrected chi connectivity index (χ4v) is 8.19. The Balaban J connectivity index is 1.75. The van der Waals surface area contributed by atoms with Crippen LogP contribution in [0.3, 0.4) is 0 Å². The SMILES string of the molecule is COc1ccc(CC(=O)N=C2S[C@@H]3CS(=O)(=O)C[C@H]3N2c2cc(C(F)(F)F)cc(C(F)(F)F)c2)cc1OC. The molecule has 0 radical (unpaired) electrons. The molecular formula is C23H20F6N2O5S2. The number of hydrogen-bond acceptors (Lipinski definition) is 6. The smallest absolute Gasteiger partial charge is 0.416 e. The second-order valence-electron chi connectivity index (χ2n) is 8.59. The molecule has 2 heterocycles. The van der Waals surface area contributed by atoms with Crippen molar-refractivity contribution in [2.45, 2.75) is 30.1 Å². The van der Waals surface area contributed by atoms with Gasteiger partial charge in [0.15, 0.2) is 26.5 Å². The molecule has 0 aliphatic carbocycles. The van der Waals surface area contributed by atoms with Gasteiger partial charge in [0.25, 0.3) is 5.91 Å². The number of aliphatic imine (C=N–C) groups is 1. The molecule has 0 bridgehead atoms. The number of sulfone groups is 1. The lowest BCUT2D eigenvalue weighted by Gasteiger charge is -2.26. The standard InChI is InChI=1S/C23H20F6N2O5S2/c1-35-17-4-3-12(5-18(17)36-2)6-20(32)30-21-31(16-10-38(33,34)11-19(16)37-21)15-8-13(22(24,25)26)7-14(9-15)23(27,28)29/h3-5,7-9,16,19H,6,10-11H2,1-2H3/t16-,19-/m1/s1. The molecule has 7 nitrogen and oxygen atoms in total. The Bertz CT molecular complexity index is 1360. The minimum atomic E-state index is -5.11. The minimum Gasteiger partial charge on any atom is -0.493 e. The molecule has 0 spiro atoms. The number of benzene rings is 2. The van der Waals surface area contributed by atoms with Crippen molar-refractivity contribution in [2.24, 2.45) is 4.99 Å². The number of hydrogen-bond donors (Lipinski definition) is 0. The molecule has 4 rings (SSSR count). The predicted octanol–water partition coefficient (Wildman–Crippen LogP) is 4.59. The van der Waals surface area contributed by atoms with E-state index >= 15 is 0 Å². The molecule has 0 N–H and O–H groups in total. The van der Waals surface area contributed by atoms with Gasteiger partial charge in [-0.15, -0.1) is 0 Å². The first-order valence-electron chi connectivity index (χ1n) is 10.9. The van der Waals surface area contributed by atoms with Crippen molar-refractivity contribution >= 4 is 38.4 Å². The van der Waals surface area contributed by atoms with E-state index in [9.17, 15) is 39.6 Å². The van der Waals surface area contributed by atoms with Crippen molar-refractivity contribution in [3.05, 3.63) is 53.1 Å². The van der Waals surface area contributed by atoms with Crippen LogP contribution in [0.4, 0.5) is 32.0 Å². The largest absolute Gasteiger partial charge is 0.493 e. The maximum absolute atomic E-state index is 13.5. The Morgan fingerprint density at radius 2 is 1.58 bits per heavy atom. The Kier molecular flexibility index (Phi) is 7.38. The quantitative estimate of drug-likeness (QED) is 0.477. The number of carbonyl (C=O) groups is 1. The van der Waals surface area contributed by atoms with Gasteiger partial charge in [0.1, 0.15) is 0 Å². The van der Waals surface area contributed by atoms with Crippen molar-refractivity contribution in [3.8, 4) is 11.5 Å². The highest BCUT2D eigenvalue weighted by molar-refractivity contribution is 8.16. The summed E-state index contributed by atoms with van der Waals surface area (Å²) >= 11 is 0.835. The molecule has 2 fully saturated rings. The maximum atomic E-state index is 13.5. The first kappa shape index (κ1) is 28.1. The van der Waals surface area contributed by atoms with Gasteiger partial charge >= 0.3 is 12.4 Å². The third-order valence-corrected chi connectivity index (χ3v) is 9.15. The number of fused-ring (bicyclic) bond motifs is 1. The molecule has 206 valence electrons. The summed E-state index contributed by atoms with van der Waals surface area (Å²) in [6.45, 7) is 0. The third-order valence-electron chi connectivity index (χ3n) is 5.94. The fourth-order valence-electron chi connectivity index (χ4n) is 4.26. The molecule has 2 atom stereocenters. The number of anilines is 1. The van der Waals surface area contributed by atoms with Gasteiger partial charge in [-0.2, -0.15) is 31.3 Å². The summed E-state index contributed by atoms with van der Waals surface area (Å²) in [4.78, 5) is 17.8. The van der Waals surface area contributed by atoms with E-state index in [4.69, 9.17) is 9.47 Å². The van der Waals surface area contributed by atoms with Gasteiger partial charge in [0, 0.05) is 10.9 Å². The van der Waals surface area contributed by atoms with Crippen LogP contribution in [0.25, 0.3) is 0 Å². The summed E-state index contributed by atoms with van der Waals surface area (Å²) in [5, 5.41) is -0.899. The number of carbonyl (C=O) groups excluding carboxylic acids is 1. The number of thioether (sulfide) groups is 1. The lowest BCUT2D eigenvalue weighted by Crippen LogP contribution is -2.38. The van der Waals surface area contributed by atoms with E-state index in [0.717, 1.165) is 16.7 Å². The average molecular weight is 583 g/mol. The highest BCUT2D eigenvalue weighted by atomic mass is 32.2. The van der Waals surface area contributed by atoms with E-state index in [2.05, 4.69) is 4.99 Å². The summed E-state index contributed by atoms with van der Waals surface area (Å²) in [5.74, 6) is -0.856. The van der Waals surface area contributed by atoms with Crippen LogP contribution in [-0.4, -0.2) is 56.5 Å². The zero-order chi connectivity index (χ0) is 28.0. The van der Waals surface area contributed by atoms with Crippen molar-refractivity contribution in [1.29, 1.82) is 0 Å². The number of amides is 1. The van der Waals surface area contributed by atoms with Crippen LogP contribution in [0.2, 0.25) is 0 Å². The van der Waals surface area contributed by atoms with Crippen LogP contribution in [0.5, 0.6) is 11.5 Å². The monoisotopic (exact) mass is 582 g/mol. The van der Waals surface area contributed by atoms with Gasteiger partial charge in [-0.1, -0.05) is 17.8 Å². The molecule has 0 saturated carbocycles. The van der Waals surface area contributed by atoms with E-state index in [1.165, 1.54) is 20.3 Å². The fraction of sp³-hybridized carbons (Fsp3) is 0.391. The first-order valence-corrected chi connectivity index (χ1v) is 13.6.